The standard InChI is InChI=1S/C17H16N4O3/c1-11(19-16(22)13-4-3-9-18-10-13)17-20-15(21-24-17)12-5-7-14(23-2)8-6-12/h3-11H,1-2H3,(H,19,22). The van der Waals surface area contributed by atoms with Gasteiger partial charge in [-0.1, -0.05) is 5.16 Å². The third-order valence-electron chi connectivity index (χ3n) is 3.43. The fraction of sp³-hybridized carbons (Fsp3) is 0.176. The normalized spacial score (nSPS) is 11.8. The van der Waals surface area contributed by atoms with E-state index in [0.29, 0.717) is 17.3 Å². The van der Waals surface area contributed by atoms with Crippen molar-refractivity contribution < 1.29 is 14.1 Å². The lowest BCUT2D eigenvalue weighted by atomic mass is 10.2. The Morgan fingerprint density at radius 3 is 2.71 bits per heavy atom. The van der Waals surface area contributed by atoms with Crippen LogP contribution in [0, 0.1) is 0 Å². The van der Waals surface area contributed by atoms with E-state index in [-0.39, 0.29) is 5.91 Å². The molecule has 1 aromatic carbocycles. The van der Waals surface area contributed by atoms with E-state index in [2.05, 4.69) is 20.4 Å². The lowest BCUT2D eigenvalue weighted by Crippen LogP contribution is -2.26. The molecule has 3 rings (SSSR count). The van der Waals surface area contributed by atoms with Crippen LogP contribution < -0.4 is 10.1 Å². The molecule has 0 saturated heterocycles. The third-order valence-corrected chi connectivity index (χ3v) is 3.43. The van der Waals surface area contributed by atoms with Gasteiger partial charge in [0.2, 0.25) is 11.7 Å². The van der Waals surface area contributed by atoms with E-state index in [1.165, 1.54) is 6.20 Å². The topological polar surface area (TPSA) is 90.1 Å². The van der Waals surface area contributed by atoms with Gasteiger partial charge in [0.1, 0.15) is 11.8 Å². The highest BCUT2D eigenvalue weighted by molar-refractivity contribution is 5.93. The van der Waals surface area contributed by atoms with Crippen molar-refractivity contribution in [2.24, 2.45) is 0 Å². The second-order valence-corrected chi connectivity index (χ2v) is 5.12. The number of aromatic nitrogens is 3. The highest BCUT2D eigenvalue weighted by Crippen LogP contribution is 2.21. The summed E-state index contributed by atoms with van der Waals surface area (Å²) < 4.78 is 10.4. The molecule has 7 heteroatoms. The van der Waals surface area contributed by atoms with Crippen LogP contribution in [0.2, 0.25) is 0 Å². The lowest BCUT2D eigenvalue weighted by molar-refractivity contribution is 0.0932. The summed E-state index contributed by atoms with van der Waals surface area (Å²) in [5.41, 5.74) is 1.27. The van der Waals surface area contributed by atoms with Crippen LogP contribution in [-0.2, 0) is 0 Å². The molecule has 0 aliphatic rings. The lowest BCUT2D eigenvalue weighted by Gasteiger charge is -2.09. The van der Waals surface area contributed by atoms with Gasteiger partial charge in [-0.05, 0) is 43.3 Å². The van der Waals surface area contributed by atoms with E-state index in [1.54, 1.807) is 32.4 Å². The molecule has 122 valence electrons. The van der Waals surface area contributed by atoms with Crippen molar-refractivity contribution in [3.05, 3.63) is 60.2 Å². The van der Waals surface area contributed by atoms with Crippen molar-refractivity contribution in [3.63, 3.8) is 0 Å². The maximum Gasteiger partial charge on any atom is 0.253 e. The van der Waals surface area contributed by atoms with Crippen molar-refractivity contribution in [2.75, 3.05) is 7.11 Å². The molecule has 0 aliphatic heterocycles. The van der Waals surface area contributed by atoms with Crippen LogP contribution in [-0.4, -0.2) is 28.1 Å². The molecular formula is C17H16N4O3. The summed E-state index contributed by atoms with van der Waals surface area (Å²) in [6.45, 7) is 1.78. The molecule has 3 aromatic rings. The second kappa shape index (κ2) is 6.91. The fourth-order valence-corrected chi connectivity index (χ4v) is 2.11. The van der Waals surface area contributed by atoms with E-state index in [4.69, 9.17) is 9.26 Å². The Hall–Kier alpha value is -3.22. The monoisotopic (exact) mass is 324 g/mol. The highest BCUT2D eigenvalue weighted by atomic mass is 16.5. The van der Waals surface area contributed by atoms with Gasteiger partial charge in [0.25, 0.3) is 5.91 Å². The number of hydrogen-bond donors (Lipinski definition) is 1. The maximum atomic E-state index is 12.1. The van der Waals surface area contributed by atoms with Crippen LogP contribution in [0.5, 0.6) is 5.75 Å². The van der Waals surface area contributed by atoms with E-state index in [9.17, 15) is 4.79 Å². The first-order valence-corrected chi connectivity index (χ1v) is 7.36. The smallest absolute Gasteiger partial charge is 0.253 e. The number of carbonyl (C=O) groups excluding carboxylic acids is 1. The number of amides is 1. The number of rotatable bonds is 5. The SMILES string of the molecule is COc1ccc(-c2noc(C(C)NC(=O)c3cccnc3)n2)cc1. The summed E-state index contributed by atoms with van der Waals surface area (Å²) in [7, 11) is 1.61. The zero-order chi connectivity index (χ0) is 16.9. The van der Waals surface area contributed by atoms with E-state index < -0.39 is 6.04 Å². The van der Waals surface area contributed by atoms with Gasteiger partial charge in [0, 0.05) is 18.0 Å². The summed E-state index contributed by atoms with van der Waals surface area (Å²) in [5.74, 6) is 1.28. The van der Waals surface area contributed by atoms with Crippen LogP contribution in [0.15, 0.2) is 53.3 Å². The molecule has 0 spiro atoms. The number of pyridine rings is 1. The van der Waals surface area contributed by atoms with E-state index in [0.717, 1.165) is 11.3 Å². The molecule has 2 aromatic heterocycles. The van der Waals surface area contributed by atoms with Crippen LogP contribution in [0.4, 0.5) is 0 Å². The summed E-state index contributed by atoms with van der Waals surface area (Å²) in [6, 6.07) is 10.3. The van der Waals surface area contributed by atoms with Crippen LogP contribution >= 0.6 is 0 Å². The van der Waals surface area contributed by atoms with Gasteiger partial charge in [-0.25, -0.2) is 0 Å². The molecule has 2 heterocycles. The number of nitrogens with one attached hydrogen (secondary N) is 1. The molecule has 0 aliphatic carbocycles. The molecule has 0 saturated carbocycles. The van der Waals surface area contributed by atoms with Crippen LogP contribution in [0.1, 0.15) is 29.2 Å². The Bertz CT molecular complexity index is 815. The minimum absolute atomic E-state index is 0.250. The number of benzene rings is 1. The quantitative estimate of drug-likeness (QED) is 0.776. The van der Waals surface area contributed by atoms with Gasteiger partial charge in [-0.2, -0.15) is 4.98 Å². The average molecular weight is 324 g/mol. The predicted molar refractivity (Wildman–Crippen MR) is 86.4 cm³/mol. The summed E-state index contributed by atoms with van der Waals surface area (Å²) >= 11 is 0. The molecule has 0 radical (unpaired) electrons. The van der Waals surface area contributed by atoms with Crippen LogP contribution in [0.3, 0.4) is 0 Å². The van der Waals surface area contributed by atoms with Gasteiger partial charge in [-0.3, -0.25) is 9.78 Å². The van der Waals surface area contributed by atoms with Gasteiger partial charge in [-0.15, -0.1) is 0 Å². The fourth-order valence-electron chi connectivity index (χ4n) is 2.11. The van der Waals surface area contributed by atoms with Crippen molar-refractivity contribution in [1.29, 1.82) is 0 Å². The Kier molecular flexibility index (Phi) is 4.51. The Morgan fingerprint density at radius 1 is 1.25 bits per heavy atom. The van der Waals surface area contributed by atoms with E-state index >= 15 is 0 Å². The molecule has 1 unspecified atom stereocenters. The number of ether oxygens (including phenoxy) is 1. The Labute approximate surface area is 138 Å². The van der Waals surface area contributed by atoms with Gasteiger partial charge in [0.05, 0.1) is 12.7 Å². The summed E-state index contributed by atoms with van der Waals surface area (Å²) in [4.78, 5) is 20.4. The van der Waals surface area contributed by atoms with Crippen molar-refractivity contribution in [2.45, 2.75) is 13.0 Å². The minimum Gasteiger partial charge on any atom is -0.497 e. The summed E-state index contributed by atoms with van der Waals surface area (Å²) in [6.07, 6.45) is 3.11. The molecule has 0 bridgehead atoms. The highest BCUT2D eigenvalue weighted by Gasteiger charge is 2.18. The second-order valence-electron chi connectivity index (χ2n) is 5.12. The Morgan fingerprint density at radius 2 is 2.04 bits per heavy atom. The number of nitrogens with zero attached hydrogens (tertiary/aromatic N) is 3. The van der Waals surface area contributed by atoms with Crippen molar-refractivity contribution in [3.8, 4) is 17.1 Å². The first-order valence-electron chi connectivity index (χ1n) is 7.36. The molecule has 7 nitrogen and oxygen atoms in total. The predicted octanol–water partition coefficient (Wildman–Crippen LogP) is 2.63. The maximum absolute atomic E-state index is 12.1. The van der Waals surface area contributed by atoms with E-state index in [1.807, 2.05) is 24.3 Å². The number of methoxy groups -OCH3 is 1. The van der Waals surface area contributed by atoms with Gasteiger partial charge in [0.15, 0.2) is 0 Å². The average Bonchev–Trinajstić information content (AvgIpc) is 3.13. The molecule has 24 heavy (non-hydrogen) atoms. The summed E-state index contributed by atoms with van der Waals surface area (Å²) in [5, 5.41) is 6.75. The zero-order valence-corrected chi connectivity index (χ0v) is 13.3. The Balaban J connectivity index is 1.71. The zero-order valence-electron chi connectivity index (χ0n) is 13.3. The molecule has 1 N–H and O–H groups in total. The van der Waals surface area contributed by atoms with Crippen LogP contribution in [0.25, 0.3) is 11.4 Å². The number of hydrogen-bond acceptors (Lipinski definition) is 6. The number of carbonyl (C=O) groups is 1. The first-order chi connectivity index (χ1) is 11.7. The van der Waals surface area contributed by atoms with Gasteiger partial charge >= 0.3 is 0 Å². The van der Waals surface area contributed by atoms with Crippen molar-refractivity contribution in [1.82, 2.24) is 20.4 Å². The molecule has 1 atom stereocenters. The minimum atomic E-state index is -0.419. The third kappa shape index (κ3) is 3.40. The molecule has 1 amide bonds. The van der Waals surface area contributed by atoms with Gasteiger partial charge < -0.3 is 14.6 Å². The molecule has 0 fully saturated rings. The largest absolute Gasteiger partial charge is 0.497 e. The van der Waals surface area contributed by atoms with Crippen molar-refractivity contribution >= 4 is 5.91 Å². The first kappa shape index (κ1) is 15.7. The molecular weight excluding hydrogens is 308 g/mol.